The molecule has 4 nitrogen and oxygen atoms in total. The van der Waals surface area contributed by atoms with Crippen LogP contribution in [0.5, 0.6) is 0 Å². The van der Waals surface area contributed by atoms with Crippen LogP contribution in [0.2, 0.25) is 0 Å². The molecule has 2 rings (SSSR count). The van der Waals surface area contributed by atoms with E-state index in [0.29, 0.717) is 6.42 Å². The fourth-order valence-corrected chi connectivity index (χ4v) is 2.22. The van der Waals surface area contributed by atoms with Crippen LogP contribution in [0.25, 0.3) is 0 Å². The first kappa shape index (κ1) is 17.8. The van der Waals surface area contributed by atoms with Crippen LogP contribution in [0.4, 0.5) is 4.79 Å². The second-order valence-electron chi connectivity index (χ2n) is 5.59. The number of alkyl carbamates (subject to hydrolysis) is 1. The lowest BCUT2D eigenvalue weighted by atomic mass is 10.1. The molecule has 4 heteroatoms. The summed E-state index contributed by atoms with van der Waals surface area (Å²) in [7, 11) is 0. The van der Waals surface area contributed by atoms with Crippen molar-refractivity contribution in [3.05, 3.63) is 83.9 Å². The molecule has 0 aromatic heterocycles. The van der Waals surface area contributed by atoms with Gasteiger partial charge in [-0.15, -0.1) is 0 Å². The van der Waals surface area contributed by atoms with Crippen molar-refractivity contribution >= 4 is 6.09 Å². The van der Waals surface area contributed by atoms with Crippen LogP contribution in [-0.4, -0.2) is 17.2 Å². The maximum absolute atomic E-state index is 11.7. The standard InChI is InChI=1S/C20H23NO3/c1-16(9-8-14-19(22)18-12-6-3-7-13-18)21-20(23)24-15-17-10-4-2-5-11-17/h2-13,16,19,22H,14-15H2,1H3,(H,21,23)/b9-8-/t16-,19-/m0/s1. The molecule has 0 unspecified atom stereocenters. The van der Waals surface area contributed by atoms with Crippen LogP contribution in [0, 0.1) is 0 Å². The van der Waals surface area contributed by atoms with Crippen molar-refractivity contribution in [2.75, 3.05) is 0 Å². The first-order chi connectivity index (χ1) is 11.6. The summed E-state index contributed by atoms with van der Waals surface area (Å²) in [5.74, 6) is 0. The molecule has 0 aliphatic rings. The molecule has 0 bridgehead atoms. The summed E-state index contributed by atoms with van der Waals surface area (Å²) in [5, 5.41) is 12.8. The van der Waals surface area contributed by atoms with Gasteiger partial charge in [-0.2, -0.15) is 0 Å². The van der Waals surface area contributed by atoms with Crippen LogP contribution < -0.4 is 5.32 Å². The first-order valence-corrected chi connectivity index (χ1v) is 8.02. The van der Waals surface area contributed by atoms with E-state index in [1.165, 1.54) is 0 Å². The average molecular weight is 325 g/mol. The molecule has 0 aliphatic heterocycles. The lowest BCUT2D eigenvalue weighted by molar-refractivity contribution is 0.138. The predicted molar refractivity (Wildman–Crippen MR) is 94.4 cm³/mol. The third-order valence-corrected chi connectivity index (χ3v) is 3.53. The van der Waals surface area contributed by atoms with E-state index in [1.807, 2.05) is 79.7 Å². The molecule has 0 saturated heterocycles. The van der Waals surface area contributed by atoms with Gasteiger partial charge in [0, 0.05) is 6.04 Å². The molecule has 0 aliphatic carbocycles. The average Bonchev–Trinajstić information content (AvgIpc) is 2.61. The maximum Gasteiger partial charge on any atom is 0.407 e. The van der Waals surface area contributed by atoms with Gasteiger partial charge in [0.25, 0.3) is 0 Å². The SMILES string of the molecule is C[C@@H](/C=C\C[C@H](O)c1ccccc1)NC(=O)OCc1ccccc1. The van der Waals surface area contributed by atoms with E-state index in [4.69, 9.17) is 4.74 Å². The molecule has 2 aromatic carbocycles. The number of amides is 1. The van der Waals surface area contributed by atoms with E-state index in [0.717, 1.165) is 11.1 Å². The summed E-state index contributed by atoms with van der Waals surface area (Å²) in [6.07, 6.45) is 3.20. The summed E-state index contributed by atoms with van der Waals surface area (Å²) in [5.41, 5.74) is 1.83. The van der Waals surface area contributed by atoms with Gasteiger partial charge >= 0.3 is 6.09 Å². The molecule has 1 amide bonds. The largest absolute Gasteiger partial charge is 0.445 e. The highest BCUT2D eigenvalue weighted by atomic mass is 16.5. The van der Waals surface area contributed by atoms with Gasteiger partial charge in [0.05, 0.1) is 6.10 Å². The van der Waals surface area contributed by atoms with E-state index in [9.17, 15) is 9.90 Å². The van der Waals surface area contributed by atoms with E-state index in [2.05, 4.69) is 5.32 Å². The number of ether oxygens (including phenoxy) is 1. The Morgan fingerprint density at radius 2 is 1.75 bits per heavy atom. The maximum atomic E-state index is 11.7. The lowest BCUT2D eigenvalue weighted by Gasteiger charge is -2.11. The second kappa shape index (κ2) is 9.53. The normalized spacial score (nSPS) is 13.4. The van der Waals surface area contributed by atoms with Crippen molar-refractivity contribution in [3.63, 3.8) is 0 Å². The van der Waals surface area contributed by atoms with Crippen LogP contribution in [0.3, 0.4) is 0 Å². The zero-order valence-electron chi connectivity index (χ0n) is 13.8. The van der Waals surface area contributed by atoms with Crippen molar-refractivity contribution in [1.82, 2.24) is 5.32 Å². The highest BCUT2D eigenvalue weighted by molar-refractivity contribution is 5.67. The van der Waals surface area contributed by atoms with E-state index >= 15 is 0 Å². The Morgan fingerprint density at radius 1 is 1.12 bits per heavy atom. The van der Waals surface area contributed by atoms with Crippen molar-refractivity contribution in [3.8, 4) is 0 Å². The third kappa shape index (κ3) is 6.26. The van der Waals surface area contributed by atoms with Crippen molar-refractivity contribution in [1.29, 1.82) is 0 Å². The van der Waals surface area contributed by atoms with Crippen molar-refractivity contribution < 1.29 is 14.6 Å². The van der Waals surface area contributed by atoms with Gasteiger partial charge in [-0.1, -0.05) is 72.8 Å². The number of hydrogen-bond acceptors (Lipinski definition) is 3. The van der Waals surface area contributed by atoms with Gasteiger partial charge in [-0.25, -0.2) is 4.79 Å². The van der Waals surface area contributed by atoms with Crippen LogP contribution in [0.15, 0.2) is 72.8 Å². The Bertz CT molecular complexity index is 640. The van der Waals surface area contributed by atoms with Crippen LogP contribution in [0.1, 0.15) is 30.6 Å². The lowest BCUT2D eigenvalue weighted by Crippen LogP contribution is -2.31. The smallest absolute Gasteiger partial charge is 0.407 e. The van der Waals surface area contributed by atoms with E-state index in [-0.39, 0.29) is 12.6 Å². The van der Waals surface area contributed by atoms with Crippen molar-refractivity contribution in [2.24, 2.45) is 0 Å². The quantitative estimate of drug-likeness (QED) is 0.757. The molecule has 0 fully saturated rings. The Balaban J connectivity index is 1.70. The van der Waals surface area contributed by atoms with Gasteiger partial charge in [0.1, 0.15) is 6.61 Å². The van der Waals surface area contributed by atoms with Crippen LogP contribution >= 0.6 is 0 Å². The van der Waals surface area contributed by atoms with Gasteiger partial charge in [-0.3, -0.25) is 0 Å². The number of nitrogens with one attached hydrogen (secondary N) is 1. The zero-order chi connectivity index (χ0) is 17.2. The molecule has 126 valence electrons. The highest BCUT2D eigenvalue weighted by Gasteiger charge is 2.07. The summed E-state index contributed by atoms with van der Waals surface area (Å²) in [6, 6.07) is 18.9. The third-order valence-electron chi connectivity index (χ3n) is 3.53. The summed E-state index contributed by atoms with van der Waals surface area (Å²) < 4.78 is 5.16. The first-order valence-electron chi connectivity index (χ1n) is 8.02. The fraction of sp³-hybridized carbons (Fsp3) is 0.250. The van der Waals surface area contributed by atoms with Gasteiger partial charge in [0.2, 0.25) is 0 Å². The molecule has 2 N–H and O–H groups in total. The van der Waals surface area contributed by atoms with Crippen LogP contribution in [-0.2, 0) is 11.3 Å². The van der Waals surface area contributed by atoms with E-state index < -0.39 is 12.2 Å². The molecular formula is C20H23NO3. The molecule has 2 atom stereocenters. The fourth-order valence-electron chi connectivity index (χ4n) is 2.22. The molecular weight excluding hydrogens is 302 g/mol. The molecule has 0 spiro atoms. The Kier molecular flexibility index (Phi) is 7.05. The van der Waals surface area contributed by atoms with Gasteiger partial charge in [-0.05, 0) is 24.5 Å². The summed E-state index contributed by atoms with van der Waals surface area (Å²) in [6.45, 7) is 2.10. The number of benzene rings is 2. The molecule has 2 aromatic rings. The highest BCUT2D eigenvalue weighted by Crippen LogP contribution is 2.16. The second-order valence-corrected chi connectivity index (χ2v) is 5.59. The van der Waals surface area contributed by atoms with Gasteiger partial charge in [0.15, 0.2) is 0 Å². The zero-order valence-corrected chi connectivity index (χ0v) is 13.8. The number of rotatable bonds is 7. The predicted octanol–water partition coefficient (Wildman–Crippen LogP) is 3.98. The summed E-state index contributed by atoms with van der Waals surface area (Å²) >= 11 is 0. The minimum Gasteiger partial charge on any atom is -0.445 e. The number of carbonyl (C=O) groups is 1. The minimum atomic E-state index is -0.542. The number of carbonyl (C=O) groups excluding carboxylic acids is 1. The Morgan fingerprint density at radius 3 is 2.42 bits per heavy atom. The van der Waals surface area contributed by atoms with E-state index in [1.54, 1.807) is 0 Å². The molecule has 24 heavy (non-hydrogen) atoms. The topological polar surface area (TPSA) is 58.6 Å². The molecule has 0 heterocycles. The molecule has 0 radical (unpaired) electrons. The minimum absolute atomic E-state index is 0.170. The molecule has 0 saturated carbocycles. The Labute approximate surface area is 142 Å². The van der Waals surface area contributed by atoms with Crippen molar-refractivity contribution in [2.45, 2.75) is 32.1 Å². The number of aliphatic hydroxyl groups is 1. The summed E-state index contributed by atoms with van der Waals surface area (Å²) in [4.78, 5) is 11.7. The van der Waals surface area contributed by atoms with Gasteiger partial charge < -0.3 is 15.2 Å². The number of aliphatic hydroxyl groups excluding tert-OH is 1. The monoisotopic (exact) mass is 325 g/mol. The number of hydrogen-bond donors (Lipinski definition) is 2. The Hall–Kier alpha value is -2.59.